The third kappa shape index (κ3) is 6.43. The molecule has 0 saturated carbocycles. The first-order chi connectivity index (χ1) is 17.7. The second-order valence-corrected chi connectivity index (χ2v) is 9.40. The molecule has 2 aromatic carbocycles. The molecule has 0 bridgehead atoms. The van der Waals surface area contributed by atoms with E-state index in [0.29, 0.717) is 21.5 Å². The summed E-state index contributed by atoms with van der Waals surface area (Å²) in [6.07, 6.45) is 1.81. The van der Waals surface area contributed by atoms with Crippen LogP contribution >= 0.6 is 34.8 Å². The predicted molar refractivity (Wildman–Crippen MR) is 142 cm³/mol. The number of furan rings is 1. The van der Waals surface area contributed by atoms with E-state index in [1.807, 2.05) is 0 Å². The molecule has 0 unspecified atom stereocenters. The second-order valence-electron chi connectivity index (χ2n) is 8.12. The molecule has 0 aliphatic heterocycles. The van der Waals surface area contributed by atoms with E-state index >= 15 is 0 Å². The average molecular weight is 564 g/mol. The Kier molecular flexibility index (Phi) is 8.38. The minimum atomic E-state index is -0.687. The zero-order chi connectivity index (χ0) is 26.5. The topological polar surface area (TPSA) is 115 Å². The number of carbonyl (C=O) groups excluding carboxylic acids is 2. The van der Waals surface area contributed by atoms with E-state index < -0.39 is 17.2 Å². The molecule has 0 spiro atoms. The Hall–Kier alpha value is -3.53. The van der Waals surface area contributed by atoms with Crippen molar-refractivity contribution in [1.82, 2.24) is 14.5 Å². The van der Waals surface area contributed by atoms with Crippen LogP contribution in [0.1, 0.15) is 18.6 Å². The summed E-state index contributed by atoms with van der Waals surface area (Å²) in [7, 11) is 0. The molecule has 0 aliphatic carbocycles. The van der Waals surface area contributed by atoms with Crippen LogP contribution in [0.15, 0.2) is 68.8 Å². The number of fused-ring (bicyclic) bond motifs is 1. The Labute approximate surface area is 225 Å². The van der Waals surface area contributed by atoms with Gasteiger partial charge in [-0.2, -0.15) is 0 Å². The van der Waals surface area contributed by atoms with Crippen molar-refractivity contribution in [2.24, 2.45) is 0 Å². The number of nitrogens with one attached hydrogen (secondary N) is 2. The fraction of sp³-hybridized carbons (Fsp3) is 0.200. The fourth-order valence-corrected chi connectivity index (χ4v) is 4.38. The average Bonchev–Trinajstić information content (AvgIpc) is 3.38. The maximum Gasteiger partial charge on any atom is 0.331 e. The number of nitrogens with zero attached hydrogens (tertiary/aromatic N) is 2. The number of carbonyl (C=O) groups is 2. The van der Waals surface area contributed by atoms with Crippen LogP contribution in [-0.4, -0.2) is 20.9 Å². The van der Waals surface area contributed by atoms with E-state index in [1.54, 1.807) is 24.3 Å². The van der Waals surface area contributed by atoms with Gasteiger partial charge in [0.1, 0.15) is 12.3 Å². The van der Waals surface area contributed by atoms with Crippen molar-refractivity contribution in [1.29, 1.82) is 0 Å². The monoisotopic (exact) mass is 562 g/mol. The van der Waals surface area contributed by atoms with E-state index in [2.05, 4.69) is 10.6 Å². The molecule has 0 radical (unpaired) electrons. The van der Waals surface area contributed by atoms with Gasteiger partial charge in [-0.3, -0.25) is 23.5 Å². The van der Waals surface area contributed by atoms with Crippen molar-refractivity contribution in [3.8, 4) is 0 Å². The van der Waals surface area contributed by atoms with Crippen molar-refractivity contribution < 1.29 is 14.0 Å². The first kappa shape index (κ1) is 26.5. The van der Waals surface area contributed by atoms with Gasteiger partial charge in [0.15, 0.2) is 0 Å². The van der Waals surface area contributed by atoms with Crippen LogP contribution in [0.2, 0.25) is 15.1 Å². The van der Waals surface area contributed by atoms with Crippen LogP contribution in [0, 0.1) is 0 Å². The Morgan fingerprint density at radius 1 is 0.919 bits per heavy atom. The molecule has 12 heteroatoms. The first-order valence-corrected chi connectivity index (χ1v) is 12.3. The van der Waals surface area contributed by atoms with Gasteiger partial charge in [0.05, 0.1) is 34.4 Å². The van der Waals surface area contributed by atoms with Gasteiger partial charge in [-0.15, -0.1) is 0 Å². The molecule has 37 heavy (non-hydrogen) atoms. The highest BCUT2D eigenvalue weighted by atomic mass is 35.5. The van der Waals surface area contributed by atoms with Crippen LogP contribution < -0.4 is 21.9 Å². The van der Waals surface area contributed by atoms with Crippen LogP contribution in [-0.2, 0) is 29.2 Å². The minimum absolute atomic E-state index is 0.0288. The van der Waals surface area contributed by atoms with Crippen molar-refractivity contribution in [2.45, 2.75) is 32.5 Å². The number of amides is 2. The molecule has 192 valence electrons. The van der Waals surface area contributed by atoms with Crippen molar-refractivity contribution in [3.63, 3.8) is 0 Å². The molecule has 2 amide bonds. The van der Waals surface area contributed by atoms with Gasteiger partial charge in [-0.25, -0.2) is 4.79 Å². The molecule has 0 atom stereocenters. The lowest BCUT2D eigenvalue weighted by atomic mass is 10.2. The number of aromatic nitrogens is 2. The Bertz CT molecular complexity index is 1580. The maximum absolute atomic E-state index is 13.3. The lowest BCUT2D eigenvalue weighted by Gasteiger charge is -2.15. The summed E-state index contributed by atoms with van der Waals surface area (Å²) in [6, 6.07) is 12.5. The van der Waals surface area contributed by atoms with Gasteiger partial charge in [0, 0.05) is 23.0 Å². The molecule has 2 aromatic heterocycles. The SMILES string of the molecule is O=C(CCCn1c(=O)c2cc(Cl)ccc2n(CC(=O)Nc2ccc(Cl)cc2Cl)c1=O)NCc1ccco1. The zero-order valence-corrected chi connectivity index (χ0v) is 21.6. The number of halogens is 3. The normalized spacial score (nSPS) is 11.0. The van der Waals surface area contributed by atoms with Gasteiger partial charge in [0.25, 0.3) is 5.56 Å². The van der Waals surface area contributed by atoms with Crippen LogP contribution in [0.3, 0.4) is 0 Å². The Morgan fingerprint density at radius 2 is 1.68 bits per heavy atom. The number of benzene rings is 2. The lowest BCUT2D eigenvalue weighted by molar-refractivity contribution is -0.121. The fourth-order valence-electron chi connectivity index (χ4n) is 3.76. The van der Waals surface area contributed by atoms with Crippen LogP contribution in [0.25, 0.3) is 10.9 Å². The molecule has 9 nitrogen and oxygen atoms in total. The number of rotatable bonds is 9. The van der Waals surface area contributed by atoms with Gasteiger partial charge in [-0.05, 0) is 55.0 Å². The molecule has 2 heterocycles. The molecule has 0 saturated heterocycles. The summed E-state index contributed by atoms with van der Waals surface area (Å²) >= 11 is 18.1. The lowest BCUT2D eigenvalue weighted by Crippen LogP contribution is -2.42. The highest BCUT2D eigenvalue weighted by Gasteiger charge is 2.17. The zero-order valence-electron chi connectivity index (χ0n) is 19.3. The standard InChI is InChI=1S/C25H21Cl3N4O5/c26-15-6-8-21-18(11-15)24(35)31(9-1-4-22(33)29-13-17-3-2-10-37-17)25(36)32(21)14-23(34)30-20-7-5-16(27)12-19(20)28/h2-3,5-8,10-12H,1,4,9,13-14H2,(H,29,33)(H,30,34). The quantitative estimate of drug-likeness (QED) is 0.312. The summed E-state index contributed by atoms with van der Waals surface area (Å²) in [5.41, 5.74) is -0.668. The van der Waals surface area contributed by atoms with E-state index in [0.717, 1.165) is 4.57 Å². The first-order valence-electron chi connectivity index (χ1n) is 11.2. The number of anilines is 1. The maximum atomic E-state index is 13.3. The van der Waals surface area contributed by atoms with Crippen molar-refractivity contribution in [3.05, 3.63) is 96.5 Å². The van der Waals surface area contributed by atoms with Gasteiger partial charge >= 0.3 is 5.69 Å². The third-order valence-electron chi connectivity index (χ3n) is 5.52. The van der Waals surface area contributed by atoms with Crippen LogP contribution in [0.4, 0.5) is 5.69 Å². The van der Waals surface area contributed by atoms with Crippen LogP contribution in [0.5, 0.6) is 0 Å². The van der Waals surface area contributed by atoms with Gasteiger partial charge < -0.3 is 15.1 Å². The molecule has 4 aromatic rings. The van der Waals surface area contributed by atoms with E-state index in [-0.39, 0.29) is 54.3 Å². The second kappa shape index (κ2) is 11.7. The number of hydrogen-bond acceptors (Lipinski definition) is 5. The highest BCUT2D eigenvalue weighted by molar-refractivity contribution is 6.36. The molecule has 0 aliphatic rings. The Balaban J connectivity index is 1.55. The largest absolute Gasteiger partial charge is 0.467 e. The third-order valence-corrected chi connectivity index (χ3v) is 6.30. The molecule has 2 N–H and O–H groups in total. The van der Waals surface area contributed by atoms with Gasteiger partial charge in [0.2, 0.25) is 11.8 Å². The van der Waals surface area contributed by atoms with Crippen molar-refractivity contribution in [2.75, 3.05) is 5.32 Å². The molecular weight excluding hydrogens is 543 g/mol. The summed E-state index contributed by atoms with van der Waals surface area (Å²) in [5.74, 6) is -0.185. The predicted octanol–water partition coefficient (Wildman–Crippen LogP) is 4.45. The van der Waals surface area contributed by atoms with Gasteiger partial charge in [-0.1, -0.05) is 34.8 Å². The molecule has 4 rings (SSSR count). The Morgan fingerprint density at radius 3 is 2.41 bits per heavy atom. The summed E-state index contributed by atoms with van der Waals surface area (Å²) in [4.78, 5) is 51.4. The summed E-state index contributed by atoms with van der Waals surface area (Å²) in [6.45, 7) is -0.182. The minimum Gasteiger partial charge on any atom is -0.467 e. The molecular formula is C25H21Cl3N4O5. The smallest absolute Gasteiger partial charge is 0.331 e. The van der Waals surface area contributed by atoms with E-state index in [4.69, 9.17) is 39.2 Å². The van der Waals surface area contributed by atoms with E-state index in [9.17, 15) is 19.2 Å². The number of hydrogen-bond donors (Lipinski definition) is 2. The highest BCUT2D eigenvalue weighted by Crippen LogP contribution is 2.25. The summed E-state index contributed by atoms with van der Waals surface area (Å²) < 4.78 is 7.36. The van der Waals surface area contributed by atoms with E-state index in [1.165, 1.54) is 35.1 Å². The van der Waals surface area contributed by atoms with Crippen molar-refractivity contribution >= 4 is 63.2 Å². The summed E-state index contributed by atoms with van der Waals surface area (Å²) in [5, 5.41) is 6.47. The molecule has 0 fully saturated rings.